The minimum atomic E-state index is -4.83. The Hall–Kier alpha value is -1.88. The number of benzene rings is 1. The molecule has 1 aromatic carbocycles. The maximum Gasteiger partial charge on any atom is 0.322 e. The Morgan fingerprint density at radius 2 is 1.57 bits per heavy atom. The van der Waals surface area contributed by atoms with Gasteiger partial charge in [0.15, 0.2) is 6.10 Å². The molecule has 28 heavy (non-hydrogen) atoms. The number of rotatable bonds is 10. The van der Waals surface area contributed by atoms with Gasteiger partial charge in [0.05, 0.1) is 23.5 Å². The first-order chi connectivity index (χ1) is 13.0. The zero-order chi connectivity index (χ0) is 21.5. The second kappa shape index (κ2) is 10.6. The molecule has 7 nitrogen and oxygen atoms in total. The molecule has 0 aliphatic heterocycles. The zero-order valence-corrected chi connectivity index (χ0v) is 15.5. The molecule has 1 rings (SSSR count). The smallest absolute Gasteiger partial charge is 0.322 e. The van der Waals surface area contributed by atoms with E-state index < -0.39 is 46.8 Å². The maximum absolute atomic E-state index is 12.7. The van der Waals surface area contributed by atoms with Gasteiger partial charge in [-0.2, -0.15) is 8.42 Å². The molecule has 0 aliphatic carbocycles. The van der Waals surface area contributed by atoms with Gasteiger partial charge in [0.2, 0.25) is 0 Å². The highest BCUT2D eigenvalue weighted by Crippen LogP contribution is 2.27. The first-order valence-corrected chi connectivity index (χ1v) is 9.50. The number of ether oxygens (including phenoxy) is 2. The molecule has 1 unspecified atom stereocenters. The minimum Gasteiger partial charge on any atom is -0.455 e. The first-order valence-electron chi connectivity index (χ1n) is 7.89. The van der Waals surface area contributed by atoms with E-state index in [0.29, 0.717) is 16.7 Å². The van der Waals surface area contributed by atoms with Crippen LogP contribution >= 0.6 is 0 Å². The molecule has 0 fully saturated rings. The van der Waals surface area contributed by atoms with E-state index >= 15 is 0 Å². The summed E-state index contributed by atoms with van der Waals surface area (Å²) in [6, 6.07) is 3.16. The summed E-state index contributed by atoms with van der Waals surface area (Å²) >= 11 is 0. The molecular formula is C15H15B3F2O7S. The average molecular weight is 410 g/mol. The zero-order valence-electron chi connectivity index (χ0n) is 14.6. The van der Waals surface area contributed by atoms with Gasteiger partial charge in [-0.25, -0.2) is 8.78 Å². The van der Waals surface area contributed by atoms with Gasteiger partial charge in [-0.1, -0.05) is 36.7 Å². The van der Waals surface area contributed by atoms with E-state index in [0.717, 1.165) is 0 Å². The predicted molar refractivity (Wildman–Crippen MR) is 97.4 cm³/mol. The topological polar surface area (TPSA) is 107 Å². The molecule has 0 saturated heterocycles. The van der Waals surface area contributed by atoms with Crippen molar-refractivity contribution in [2.24, 2.45) is 0 Å². The standard InChI is InChI=1S/C15H15B3F2O7S/c16-4-8-1-9(5-17)14(10(2-8)6-18)27-13(22)3-12(21)26-11(15(19)20)7-28(23,24)25/h1-2,11,15H,3-7H2,(H,23,24,25). The Kier molecular flexibility index (Phi) is 9.16. The van der Waals surface area contributed by atoms with Gasteiger partial charge in [0.25, 0.3) is 16.5 Å². The number of halogens is 2. The summed E-state index contributed by atoms with van der Waals surface area (Å²) < 4.78 is 64.8. The third-order valence-corrected chi connectivity index (χ3v) is 4.17. The number of carbonyl (C=O) groups excluding carboxylic acids is 2. The van der Waals surface area contributed by atoms with Crippen LogP contribution in [0.5, 0.6) is 5.75 Å². The summed E-state index contributed by atoms with van der Waals surface area (Å²) in [6.45, 7) is 0. The molecule has 13 heteroatoms. The van der Waals surface area contributed by atoms with Crippen LogP contribution in [-0.2, 0) is 43.4 Å². The van der Waals surface area contributed by atoms with Crippen LogP contribution in [0.4, 0.5) is 8.78 Å². The number of hydrogen-bond acceptors (Lipinski definition) is 6. The lowest BCUT2D eigenvalue weighted by atomic mass is 9.85. The number of hydrogen-bond donors (Lipinski definition) is 1. The quantitative estimate of drug-likeness (QED) is 0.191. The molecule has 1 aromatic rings. The monoisotopic (exact) mass is 410 g/mol. The highest BCUT2D eigenvalue weighted by Gasteiger charge is 2.30. The highest BCUT2D eigenvalue weighted by atomic mass is 32.2. The Labute approximate surface area is 165 Å². The average Bonchev–Trinajstić information content (AvgIpc) is 2.59. The fourth-order valence-corrected chi connectivity index (χ4v) is 2.85. The van der Waals surface area contributed by atoms with Crippen LogP contribution in [0, 0.1) is 0 Å². The number of alkyl halides is 2. The molecule has 0 aliphatic rings. The largest absolute Gasteiger partial charge is 0.455 e. The fourth-order valence-electron chi connectivity index (χ4n) is 2.22. The molecule has 1 atom stereocenters. The van der Waals surface area contributed by atoms with Crippen molar-refractivity contribution >= 4 is 45.6 Å². The first kappa shape index (κ1) is 24.2. The van der Waals surface area contributed by atoms with Gasteiger partial charge in [-0.15, -0.1) is 0 Å². The van der Waals surface area contributed by atoms with E-state index in [-0.39, 0.29) is 24.7 Å². The minimum absolute atomic E-state index is 0.0170. The molecule has 0 aromatic heterocycles. The van der Waals surface area contributed by atoms with Gasteiger partial charge < -0.3 is 9.47 Å². The molecule has 0 spiro atoms. The van der Waals surface area contributed by atoms with E-state index in [1.165, 1.54) is 0 Å². The van der Waals surface area contributed by atoms with Gasteiger partial charge in [-0.05, 0) is 11.1 Å². The Morgan fingerprint density at radius 1 is 1.04 bits per heavy atom. The van der Waals surface area contributed by atoms with Crippen molar-refractivity contribution in [3.63, 3.8) is 0 Å². The van der Waals surface area contributed by atoms with Crippen molar-refractivity contribution in [2.75, 3.05) is 5.75 Å². The summed E-state index contributed by atoms with van der Waals surface area (Å²) in [4.78, 5) is 23.6. The lowest BCUT2D eigenvalue weighted by Crippen LogP contribution is -2.33. The number of esters is 2. The molecule has 146 valence electrons. The summed E-state index contributed by atoms with van der Waals surface area (Å²) in [5.74, 6) is -4.11. The number of carbonyl (C=O) groups is 2. The summed E-state index contributed by atoms with van der Waals surface area (Å²) in [5.41, 5.74) is 1.47. The van der Waals surface area contributed by atoms with Crippen LogP contribution < -0.4 is 4.74 Å². The van der Waals surface area contributed by atoms with Crippen molar-refractivity contribution < 1.29 is 40.8 Å². The van der Waals surface area contributed by atoms with Crippen molar-refractivity contribution in [1.82, 2.24) is 0 Å². The van der Waals surface area contributed by atoms with E-state index in [9.17, 15) is 26.8 Å². The van der Waals surface area contributed by atoms with Crippen LogP contribution in [-0.4, -0.2) is 66.7 Å². The second-order valence-electron chi connectivity index (χ2n) is 5.62. The van der Waals surface area contributed by atoms with Crippen molar-refractivity contribution in [2.45, 2.75) is 37.9 Å². The van der Waals surface area contributed by atoms with Crippen LogP contribution in [0.3, 0.4) is 0 Å². The fraction of sp³-hybridized carbons (Fsp3) is 0.467. The normalized spacial score (nSPS) is 12.6. The SMILES string of the molecule is [B]Cc1cc(C[B])c(OC(=O)CC(=O)OC(CS(=O)(=O)O)C(F)F)c(C[B])c1. The molecule has 0 saturated carbocycles. The van der Waals surface area contributed by atoms with Gasteiger partial charge in [0, 0.05) is 0 Å². The van der Waals surface area contributed by atoms with Crippen LogP contribution in [0.2, 0.25) is 0 Å². The molecule has 0 amide bonds. The summed E-state index contributed by atoms with van der Waals surface area (Å²) in [6.07, 6.45) is -6.78. The van der Waals surface area contributed by atoms with Crippen molar-refractivity contribution in [1.29, 1.82) is 0 Å². The van der Waals surface area contributed by atoms with Gasteiger partial charge in [0.1, 0.15) is 17.9 Å². The van der Waals surface area contributed by atoms with E-state index in [1.807, 2.05) is 0 Å². The van der Waals surface area contributed by atoms with Crippen molar-refractivity contribution in [3.05, 3.63) is 28.8 Å². The molecule has 0 heterocycles. The van der Waals surface area contributed by atoms with Crippen LogP contribution in [0.15, 0.2) is 12.1 Å². The maximum atomic E-state index is 12.7. The lowest BCUT2D eigenvalue weighted by Gasteiger charge is -2.17. The Balaban J connectivity index is 2.87. The summed E-state index contributed by atoms with van der Waals surface area (Å²) in [5, 5.41) is 0. The Morgan fingerprint density at radius 3 is 1.96 bits per heavy atom. The van der Waals surface area contributed by atoms with Crippen molar-refractivity contribution in [3.8, 4) is 5.75 Å². The molecular weight excluding hydrogens is 395 g/mol. The Bertz CT molecular complexity index is 793. The second-order valence-corrected chi connectivity index (χ2v) is 7.11. The molecule has 0 bridgehead atoms. The third kappa shape index (κ3) is 7.63. The van der Waals surface area contributed by atoms with E-state index in [4.69, 9.17) is 32.8 Å². The highest BCUT2D eigenvalue weighted by molar-refractivity contribution is 7.85. The molecule has 1 N–H and O–H groups in total. The summed E-state index contributed by atoms with van der Waals surface area (Å²) in [7, 11) is 11.9. The van der Waals surface area contributed by atoms with E-state index in [1.54, 1.807) is 12.1 Å². The van der Waals surface area contributed by atoms with Crippen LogP contribution in [0.1, 0.15) is 23.1 Å². The van der Waals surface area contributed by atoms with Crippen LogP contribution in [0.25, 0.3) is 0 Å². The van der Waals surface area contributed by atoms with E-state index in [2.05, 4.69) is 4.74 Å². The third-order valence-electron chi connectivity index (χ3n) is 3.42. The van der Waals surface area contributed by atoms with Gasteiger partial charge in [-0.3, -0.25) is 14.1 Å². The van der Waals surface area contributed by atoms with Gasteiger partial charge >= 0.3 is 11.9 Å². The predicted octanol–water partition coefficient (Wildman–Crippen LogP) is 0.0523. The molecule has 6 radical (unpaired) electrons. The lowest BCUT2D eigenvalue weighted by molar-refractivity contribution is -0.159.